The Kier molecular flexibility index (Phi) is 4.32. The van der Waals surface area contributed by atoms with Crippen LogP contribution in [0.15, 0.2) is 59.8 Å². The number of nitrogens with one attached hydrogen (secondary N) is 1. The first-order valence-corrected chi connectivity index (χ1v) is 7.56. The highest BCUT2D eigenvalue weighted by Gasteiger charge is 2.19. The van der Waals surface area contributed by atoms with E-state index < -0.39 is 5.78 Å². The minimum Gasteiger partial charge on any atom is -0.350 e. The SMILES string of the molecule is Cn1cc(C(=O)/C(C#N)=N/Nc2ccc(Cl)cc2)c2ccccc21. The fraction of sp³-hybridized carbons (Fsp3) is 0.0556. The minimum atomic E-state index is -0.421. The average Bonchev–Trinajstić information content (AvgIpc) is 2.94. The van der Waals surface area contributed by atoms with Crippen LogP contribution in [0.1, 0.15) is 10.4 Å². The van der Waals surface area contributed by atoms with Gasteiger partial charge in [0.1, 0.15) is 6.07 Å². The van der Waals surface area contributed by atoms with Crippen LogP contribution in [0, 0.1) is 11.3 Å². The monoisotopic (exact) mass is 336 g/mol. The standard InChI is InChI=1S/C18H13ClN4O/c1-23-11-15(14-4-2-3-5-17(14)23)18(24)16(10-20)22-21-13-8-6-12(19)7-9-13/h2-9,11,21H,1H3/b22-16+. The molecule has 0 bridgehead atoms. The van der Waals surface area contributed by atoms with Crippen LogP contribution in [0.2, 0.25) is 5.02 Å². The van der Waals surface area contributed by atoms with Crippen molar-refractivity contribution in [2.45, 2.75) is 0 Å². The van der Waals surface area contributed by atoms with E-state index in [1.54, 1.807) is 30.5 Å². The molecule has 0 unspecified atom stereocenters. The molecule has 1 aromatic heterocycles. The molecule has 0 radical (unpaired) electrons. The largest absolute Gasteiger partial charge is 0.350 e. The fourth-order valence-electron chi connectivity index (χ4n) is 2.42. The molecule has 0 spiro atoms. The molecule has 1 N–H and O–H groups in total. The molecule has 5 nitrogen and oxygen atoms in total. The summed E-state index contributed by atoms with van der Waals surface area (Å²) in [6.45, 7) is 0. The smallest absolute Gasteiger partial charge is 0.226 e. The molecule has 6 heteroatoms. The summed E-state index contributed by atoms with van der Waals surface area (Å²) in [5, 5.41) is 14.6. The summed E-state index contributed by atoms with van der Waals surface area (Å²) in [6.07, 6.45) is 1.71. The molecule has 24 heavy (non-hydrogen) atoms. The van der Waals surface area contributed by atoms with Gasteiger partial charge in [-0.3, -0.25) is 10.2 Å². The number of rotatable bonds is 4. The molecule has 3 rings (SSSR count). The maximum absolute atomic E-state index is 12.7. The lowest BCUT2D eigenvalue weighted by Crippen LogP contribution is -2.14. The van der Waals surface area contributed by atoms with Crippen molar-refractivity contribution in [1.82, 2.24) is 4.57 Å². The summed E-state index contributed by atoms with van der Waals surface area (Å²) in [5.74, 6) is -0.421. The number of benzene rings is 2. The quantitative estimate of drug-likeness (QED) is 0.444. The normalized spacial score (nSPS) is 11.3. The summed E-state index contributed by atoms with van der Waals surface area (Å²) in [5.41, 5.74) is 4.51. The Morgan fingerprint density at radius 2 is 1.92 bits per heavy atom. The molecule has 3 aromatic rings. The van der Waals surface area contributed by atoms with Crippen LogP contribution >= 0.6 is 11.6 Å². The van der Waals surface area contributed by atoms with E-state index in [0.29, 0.717) is 16.3 Å². The highest BCUT2D eigenvalue weighted by Crippen LogP contribution is 2.21. The third-order valence-corrected chi connectivity index (χ3v) is 3.86. The molecule has 0 saturated heterocycles. The van der Waals surface area contributed by atoms with Crippen molar-refractivity contribution in [1.29, 1.82) is 5.26 Å². The van der Waals surface area contributed by atoms with Gasteiger partial charge in [-0.15, -0.1) is 0 Å². The second kappa shape index (κ2) is 6.57. The number of aromatic nitrogens is 1. The maximum atomic E-state index is 12.7. The third-order valence-electron chi connectivity index (χ3n) is 3.60. The number of hydrogen-bond acceptors (Lipinski definition) is 4. The number of hydrogen-bond donors (Lipinski definition) is 1. The van der Waals surface area contributed by atoms with Gasteiger partial charge in [-0.25, -0.2) is 0 Å². The van der Waals surface area contributed by atoms with Crippen molar-refractivity contribution in [2.24, 2.45) is 12.1 Å². The topological polar surface area (TPSA) is 70.2 Å². The second-order valence-electron chi connectivity index (χ2n) is 5.19. The number of fused-ring (bicyclic) bond motifs is 1. The minimum absolute atomic E-state index is 0.207. The summed E-state index contributed by atoms with van der Waals surface area (Å²) in [6, 6.07) is 16.2. The molecular weight excluding hydrogens is 324 g/mol. The number of nitrogens with zero attached hydrogens (tertiary/aromatic N) is 3. The Morgan fingerprint density at radius 1 is 1.21 bits per heavy atom. The van der Waals surface area contributed by atoms with Crippen LogP contribution in [0.3, 0.4) is 0 Å². The maximum Gasteiger partial charge on any atom is 0.226 e. The zero-order valence-corrected chi connectivity index (χ0v) is 13.6. The Morgan fingerprint density at radius 3 is 2.62 bits per heavy atom. The molecular formula is C18H13ClN4O. The van der Waals surface area contributed by atoms with Crippen molar-refractivity contribution >= 4 is 39.7 Å². The van der Waals surface area contributed by atoms with Crippen LogP contribution in [-0.2, 0) is 7.05 Å². The third kappa shape index (κ3) is 3.00. The highest BCUT2D eigenvalue weighted by molar-refractivity contribution is 6.53. The van der Waals surface area contributed by atoms with E-state index in [-0.39, 0.29) is 5.71 Å². The molecule has 2 aromatic carbocycles. The lowest BCUT2D eigenvalue weighted by atomic mass is 10.1. The molecule has 0 aliphatic rings. The summed E-state index contributed by atoms with van der Waals surface area (Å²) in [4.78, 5) is 12.7. The second-order valence-corrected chi connectivity index (χ2v) is 5.63. The Balaban J connectivity index is 1.92. The van der Waals surface area contributed by atoms with Crippen LogP contribution in [-0.4, -0.2) is 16.1 Å². The number of anilines is 1. The van der Waals surface area contributed by atoms with E-state index in [2.05, 4.69) is 10.5 Å². The Bertz CT molecular complexity index is 980. The number of halogens is 1. The van der Waals surface area contributed by atoms with E-state index in [9.17, 15) is 10.1 Å². The molecule has 0 atom stereocenters. The first kappa shape index (κ1) is 15.8. The predicted octanol–water partition coefficient (Wildman–Crippen LogP) is 4.01. The first-order chi connectivity index (χ1) is 11.6. The number of carbonyl (C=O) groups is 1. The van der Waals surface area contributed by atoms with Gasteiger partial charge in [-0.1, -0.05) is 29.8 Å². The lowest BCUT2D eigenvalue weighted by molar-refractivity contribution is 0.106. The van der Waals surface area contributed by atoms with Gasteiger partial charge < -0.3 is 4.57 Å². The van der Waals surface area contributed by atoms with E-state index in [4.69, 9.17) is 11.6 Å². The van der Waals surface area contributed by atoms with Gasteiger partial charge in [-0.05, 0) is 30.3 Å². The van der Waals surface area contributed by atoms with Crippen LogP contribution < -0.4 is 5.43 Å². The predicted molar refractivity (Wildman–Crippen MR) is 95.4 cm³/mol. The zero-order chi connectivity index (χ0) is 17.1. The van der Waals surface area contributed by atoms with Gasteiger partial charge in [0.25, 0.3) is 0 Å². The van der Waals surface area contributed by atoms with Crippen molar-refractivity contribution < 1.29 is 4.79 Å². The molecule has 0 saturated carbocycles. The summed E-state index contributed by atoms with van der Waals surface area (Å²) in [7, 11) is 1.86. The molecule has 0 fully saturated rings. The first-order valence-electron chi connectivity index (χ1n) is 7.18. The van der Waals surface area contributed by atoms with Crippen molar-refractivity contribution in [2.75, 3.05) is 5.43 Å². The van der Waals surface area contributed by atoms with E-state index in [1.807, 2.05) is 41.9 Å². The van der Waals surface area contributed by atoms with Crippen LogP contribution in [0.5, 0.6) is 0 Å². The van der Waals surface area contributed by atoms with Crippen LogP contribution in [0.25, 0.3) is 10.9 Å². The van der Waals surface area contributed by atoms with Gasteiger partial charge in [0, 0.05) is 29.2 Å². The molecule has 118 valence electrons. The van der Waals surface area contributed by atoms with E-state index >= 15 is 0 Å². The van der Waals surface area contributed by atoms with Crippen molar-refractivity contribution in [3.05, 3.63) is 65.3 Å². The van der Waals surface area contributed by atoms with E-state index in [0.717, 1.165) is 10.9 Å². The lowest BCUT2D eigenvalue weighted by Gasteiger charge is -2.01. The number of Topliss-reactive ketones (excluding diaryl/α,β-unsaturated/α-hetero) is 1. The van der Waals surface area contributed by atoms with Crippen molar-refractivity contribution in [3.8, 4) is 6.07 Å². The van der Waals surface area contributed by atoms with Gasteiger partial charge in [-0.2, -0.15) is 10.4 Å². The molecule has 0 amide bonds. The molecule has 0 aliphatic carbocycles. The van der Waals surface area contributed by atoms with Gasteiger partial charge in [0.2, 0.25) is 11.5 Å². The molecule has 1 heterocycles. The van der Waals surface area contributed by atoms with Gasteiger partial charge in [0.05, 0.1) is 11.3 Å². The number of para-hydroxylation sites is 1. The van der Waals surface area contributed by atoms with Gasteiger partial charge in [0.15, 0.2) is 0 Å². The zero-order valence-electron chi connectivity index (χ0n) is 12.8. The Labute approximate surface area is 143 Å². The fourth-order valence-corrected chi connectivity index (χ4v) is 2.55. The van der Waals surface area contributed by atoms with E-state index in [1.165, 1.54) is 0 Å². The summed E-state index contributed by atoms with van der Waals surface area (Å²) < 4.78 is 1.85. The van der Waals surface area contributed by atoms with Gasteiger partial charge >= 0.3 is 0 Å². The molecule has 0 aliphatic heterocycles. The Hall–Kier alpha value is -3.10. The number of nitriles is 1. The number of carbonyl (C=O) groups excluding carboxylic acids is 1. The highest BCUT2D eigenvalue weighted by atomic mass is 35.5. The number of ketones is 1. The average molecular weight is 337 g/mol. The number of aryl methyl sites for hydroxylation is 1. The van der Waals surface area contributed by atoms with Crippen molar-refractivity contribution in [3.63, 3.8) is 0 Å². The van der Waals surface area contributed by atoms with Crippen LogP contribution in [0.4, 0.5) is 5.69 Å². The summed E-state index contributed by atoms with van der Waals surface area (Å²) >= 11 is 5.82. The number of hydrazone groups is 1.